The summed E-state index contributed by atoms with van der Waals surface area (Å²) in [6, 6.07) is 4.48. The minimum absolute atomic E-state index is 0.103. The van der Waals surface area contributed by atoms with Crippen molar-refractivity contribution < 1.29 is 14.5 Å². The number of amides is 1. The summed E-state index contributed by atoms with van der Waals surface area (Å²) in [5.41, 5.74) is 1.38. The van der Waals surface area contributed by atoms with Gasteiger partial charge in [-0.25, -0.2) is 0 Å². The second-order valence-corrected chi connectivity index (χ2v) is 5.49. The number of rotatable bonds is 4. The third kappa shape index (κ3) is 3.48. The third-order valence-electron chi connectivity index (χ3n) is 3.33. The van der Waals surface area contributed by atoms with Crippen LogP contribution in [0.5, 0.6) is 0 Å². The van der Waals surface area contributed by atoms with E-state index in [0.29, 0.717) is 25.3 Å². The van der Waals surface area contributed by atoms with Gasteiger partial charge in [-0.3, -0.25) is 14.9 Å². The normalized spacial score (nSPS) is 14.8. The molecule has 0 spiro atoms. The number of nitrogens with zero attached hydrogens (tertiary/aromatic N) is 2. The minimum Gasteiger partial charge on any atom is -0.380 e. The van der Waals surface area contributed by atoms with Crippen molar-refractivity contribution in [2.75, 3.05) is 26.8 Å². The molecular formula is C14H15BrN2O4. The molecule has 2 rings (SSSR count). The zero-order valence-electron chi connectivity index (χ0n) is 11.5. The highest BCUT2D eigenvalue weighted by Gasteiger charge is 2.24. The highest BCUT2D eigenvalue weighted by Crippen LogP contribution is 2.29. The highest BCUT2D eigenvalue weighted by atomic mass is 79.9. The maximum atomic E-state index is 12.5. The summed E-state index contributed by atoms with van der Waals surface area (Å²) in [6.07, 6.45) is 2.72. The van der Waals surface area contributed by atoms with Crippen molar-refractivity contribution in [3.05, 3.63) is 50.0 Å². The first-order chi connectivity index (χ1) is 10.0. The van der Waals surface area contributed by atoms with E-state index in [0.717, 1.165) is 6.42 Å². The largest absolute Gasteiger partial charge is 0.380 e. The Morgan fingerprint density at radius 2 is 2.29 bits per heavy atom. The van der Waals surface area contributed by atoms with Gasteiger partial charge in [0.1, 0.15) is 4.47 Å². The zero-order chi connectivity index (χ0) is 15.4. The molecule has 7 heteroatoms. The second-order valence-electron chi connectivity index (χ2n) is 4.69. The fourth-order valence-corrected chi connectivity index (χ4v) is 2.79. The Labute approximate surface area is 130 Å². The van der Waals surface area contributed by atoms with Crippen LogP contribution in [0.3, 0.4) is 0 Å². The van der Waals surface area contributed by atoms with E-state index in [4.69, 9.17) is 4.74 Å². The molecule has 0 N–H and O–H groups in total. The zero-order valence-corrected chi connectivity index (χ0v) is 13.1. The third-order valence-corrected chi connectivity index (χ3v) is 4.16. The van der Waals surface area contributed by atoms with E-state index in [9.17, 15) is 14.9 Å². The molecule has 1 aliphatic heterocycles. The van der Waals surface area contributed by atoms with Crippen LogP contribution >= 0.6 is 15.9 Å². The first-order valence-corrected chi connectivity index (χ1v) is 7.23. The molecule has 1 aromatic rings. The van der Waals surface area contributed by atoms with E-state index < -0.39 is 4.92 Å². The second kappa shape index (κ2) is 6.82. The molecule has 0 bridgehead atoms. The van der Waals surface area contributed by atoms with Crippen molar-refractivity contribution >= 4 is 27.5 Å². The number of carbonyl (C=O) groups is 1. The lowest BCUT2D eigenvalue weighted by Crippen LogP contribution is -2.35. The SMILES string of the molecule is COCC1=CCN(C(=O)c2cccc([N+](=O)[O-])c2Br)CC1. The van der Waals surface area contributed by atoms with Crippen LogP contribution in [0.4, 0.5) is 5.69 Å². The number of ether oxygens (including phenoxy) is 1. The number of hydrogen-bond acceptors (Lipinski definition) is 4. The molecule has 0 fully saturated rings. The fourth-order valence-electron chi connectivity index (χ4n) is 2.21. The summed E-state index contributed by atoms with van der Waals surface area (Å²) in [5.74, 6) is -0.210. The lowest BCUT2D eigenvalue weighted by atomic mass is 10.1. The number of methoxy groups -OCH3 is 1. The molecular weight excluding hydrogens is 340 g/mol. The average molecular weight is 355 g/mol. The van der Waals surface area contributed by atoms with Crippen LogP contribution in [0.25, 0.3) is 0 Å². The molecule has 0 saturated carbocycles. The summed E-state index contributed by atoms with van der Waals surface area (Å²) >= 11 is 3.16. The van der Waals surface area contributed by atoms with Gasteiger partial charge in [-0.15, -0.1) is 0 Å². The molecule has 6 nitrogen and oxygen atoms in total. The molecule has 1 aliphatic rings. The van der Waals surface area contributed by atoms with Gasteiger partial charge >= 0.3 is 0 Å². The highest BCUT2D eigenvalue weighted by molar-refractivity contribution is 9.10. The Morgan fingerprint density at radius 3 is 2.86 bits per heavy atom. The van der Waals surface area contributed by atoms with Crippen LogP contribution < -0.4 is 0 Å². The molecule has 0 aromatic heterocycles. The van der Waals surface area contributed by atoms with E-state index in [1.165, 1.54) is 17.7 Å². The van der Waals surface area contributed by atoms with E-state index in [-0.39, 0.29) is 16.1 Å². The molecule has 1 aromatic carbocycles. The molecule has 112 valence electrons. The van der Waals surface area contributed by atoms with E-state index in [2.05, 4.69) is 15.9 Å². The van der Waals surface area contributed by atoms with Crippen LogP contribution in [-0.2, 0) is 4.74 Å². The van der Waals surface area contributed by atoms with E-state index >= 15 is 0 Å². The van der Waals surface area contributed by atoms with E-state index in [1.807, 2.05) is 6.08 Å². The van der Waals surface area contributed by atoms with Crippen LogP contribution in [-0.4, -0.2) is 42.5 Å². The fraction of sp³-hybridized carbons (Fsp3) is 0.357. The monoisotopic (exact) mass is 354 g/mol. The van der Waals surface area contributed by atoms with Gasteiger partial charge in [-0.2, -0.15) is 0 Å². The lowest BCUT2D eigenvalue weighted by molar-refractivity contribution is -0.385. The maximum Gasteiger partial charge on any atom is 0.284 e. The Hall–Kier alpha value is -1.73. The number of hydrogen-bond donors (Lipinski definition) is 0. The Kier molecular flexibility index (Phi) is 5.08. The summed E-state index contributed by atoms with van der Waals surface area (Å²) in [5, 5.41) is 10.9. The summed E-state index contributed by atoms with van der Waals surface area (Å²) in [7, 11) is 1.64. The van der Waals surface area contributed by atoms with Crippen molar-refractivity contribution in [1.29, 1.82) is 0 Å². The number of halogens is 1. The van der Waals surface area contributed by atoms with Gasteiger partial charge in [0.2, 0.25) is 0 Å². The summed E-state index contributed by atoms with van der Waals surface area (Å²) in [6.45, 7) is 1.65. The van der Waals surface area contributed by atoms with Crippen molar-refractivity contribution in [3.8, 4) is 0 Å². The van der Waals surface area contributed by atoms with Crippen LogP contribution in [0, 0.1) is 10.1 Å². The van der Waals surface area contributed by atoms with Gasteiger partial charge in [-0.1, -0.05) is 12.1 Å². The topological polar surface area (TPSA) is 72.7 Å². The first kappa shape index (κ1) is 15.7. The standard InChI is InChI=1S/C14H15BrN2O4/c1-21-9-10-5-7-16(8-6-10)14(18)11-3-2-4-12(13(11)15)17(19)20/h2-5H,6-9H2,1H3. The van der Waals surface area contributed by atoms with E-state index in [1.54, 1.807) is 18.1 Å². The molecule has 0 atom stereocenters. The number of benzene rings is 1. The predicted octanol–water partition coefficient (Wildman–Crippen LogP) is 2.78. The molecule has 0 saturated heterocycles. The molecule has 21 heavy (non-hydrogen) atoms. The Morgan fingerprint density at radius 1 is 1.52 bits per heavy atom. The molecule has 0 radical (unpaired) electrons. The lowest BCUT2D eigenvalue weighted by Gasteiger charge is -2.26. The van der Waals surface area contributed by atoms with Crippen LogP contribution in [0.2, 0.25) is 0 Å². The summed E-state index contributed by atoms with van der Waals surface area (Å²) in [4.78, 5) is 24.6. The van der Waals surface area contributed by atoms with Gasteiger partial charge in [0.25, 0.3) is 11.6 Å². The number of nitro groups is 1. The maximum absolute atomic E-state index is 12.5. The summed E-state index contributed by atoms with van der Waals surface area (Å²) < 4.78 is 5.30. The molecule has 0 unspecified atom stereocenters. The number of carbonyl (C=O) groups excluding carboxylic acids is 1. The van der Waals surface area contributed by atoms with Crippen molar-refractivity contribution in [3.63, 3.8) is 0 Å². The Bertz CT molecular complexity index is 601. The van der Waals surface area contributed by atoms with Gasteiger partial charge in [0, 0.05) is 26.3 Å². The van der Waals surface area contributed by atoms with Crippen LogP contribution in [0.15, 0.2) is 34.3 Å². The van der Waals surface area contributed by atoms with Gasteiger partial charge in [0.15, 0.2) is 0 Å². The van der Waals surface area contributed by atoms with Gasteiger partial charge in [-0.05, 0) is 34.0 Å². The van der Waals surface area contributed by atoms with Crippen molar-refractivity contribution in [1.82, 2.24) is 4.90 Å². The minimum atomic E-state index is -0.506. The van der Waals surface area contributed by atoms with Gasteiger partial charge < -0.3 is 9.64 Å². The number of nitro benzene ring substituents is 1. The Balaban J connectivity index is 2.19. The van der Waals surface area contributed by atoms with Crippen molar-refractivity contribution in [2.45, 2.75) is 6.42 Å². The average Bonchev–Trinajstić information content (AvgIpc) is 2.47. The van der Waals surface area contributed by atoms with Crippen LogP contribution in [0.1, 0.15) is 16.8 Å². The van der Waals surface area contributed by atoms with Crippen molar-refractivity contribution in [2.24, 2.45) is 0 Å². The predicted molar refractivity (Wildman–Crippen MR) is 81.3 cm³/mol. The first-order valence-electron chi connectivity index (χ1n) is 6.43. The molecule has 1 heterocycles. The quantitative estimate of drug-likeness (QED) is 0.473. The molecule has 1 amide bonds. The molecule has 0 aliphatic carbocycles. The van der Waals surface area contributed by atoms with Gasteiger partial charge in [0.05, 0.1) is 17.1 Å². The smallest absolute Gasteiger partial charge is 0.284 e.